The molecule has 1 aliphatic heterocycles. The second-order valence-electron chi connectivity index (χ2n) is 7.12. The van der Waals surface area contributed by atoms with E-state index in [-0.39, 0.29) is 11.7 Å². The third-order valence-corrected chi connectivity index (χ3v) is 5.06. The van der Waals surface area contributed by atoms with Gasteiger partial charge in [0.1, 0.15) is 18.2 Å². The minimum absolute atomic E-state index is 0.193. The van der Waals surface area contributed by atoms with E-state index in [1.165, 1.54) is 10.9 Å². The highest BCUT2D eigenvalue weighted by atomic mass is 16.5. The van der Waals surface area contributed by atoms with E-state index >= 15 is 0 Å². The number of hydrogen-bond acceptors (Lipinski definition) is 5. The first-order chi connectivity index (χ1) is 13.0. The van der Waals surface area contributed by atoms with E-state index in [0.29, 0.717) is 12.4 Å². The van der Waals surface area contributed by atoms with Crippen LogP contribution in [0.5, 0.6) is 11.5 Å². The molecule has 3 aromatic rings. The molecule has 0 bridgehead atoms. The Kier molecular flexibility index (Phi) is 4.18. The molecule has 1 aromatic heterocycles. The number of phenols is 1. The Bertz CT molecular complexity index is 1040. The molecule has 2 aromatic carbocycles. The third kappa shape index (κ3) is 2.87. The van der Waals surface area contributed by atoms with E-state index < -0.39 is 0 Å². The first kappa shape index (κ1) is 17.3. The standard InChI is InChI=1S/C21H24N4O2/c1-13(2)16-10-17(20(27-4)11-19(16)26)21-23-22-12-25(21)15-5-6-18-14(9-15)7-8-24(18)3/h5-11,13,22,26H,12H2,1-4H3. The summed E-state index contributed by atoms with van der Waals surface area (Å²) in [6.45, 7) is 4.69. The van der Waals surface area contributed by atoms with Crippen molar-refractivity contribution < 1.29 is 9.84 Å². The van der Waals surface area contributed by atoms with Crippen molar-refractivity contribution in [2.24, 2.45) is 12.1 Å². The van der Waals surface area contributed by atoms with Crippen molar-refractivity contribution in [3.8, 4) is 11.5 Å². The number of nitrogens with one attached hydrogen (secondary N) is 1. The summed E-state index contributed by atoms with van der Waals surface area (Å²) in [7, 11) is 3.65. The van der Waals surface area contributed by atoms with Crippen LogP contribution in [0.1, 0.15) is 30.9 Å². The lowest BCUT2D eigenvalue weighted by Gasteiger charge is -2.22. The summed E-state index contributed by atoms with van der Waals surface area (Å²) < 4.78 is 7.64. The molecule has 0 unspecified atom stereocenters. The van der Waals surface area contributed by atoms with Gasteiger partial charge >= 0.3 is 0 Å². The van der Waals surface area contributed by atoms with Gasteiger partial charge in [0.15, 0.2) is 5.84 Å². The quantitative estimate of drug-likeness (QED) is 0.740. The van der Waals surface area contributed by atoms with E-state index in [1.54, 1.807) is 13.2 Å². The maximum Gasteiger partial charge on any atom is 0.165 e. The van der Waals surface area contributed by atoms with Gasteiger partial charge in [0.2, 0.25) is 0 Å². The predicted octanol–water partition coefficient (Wildman–Crippen LogP) is 3.74. The number of amidine groups is 1. The molecule has 1 aliphatic rings. The molecule has 0 saturated heterocycles. The Morgan fingerprint density at radius 3 is 2.74 bits per heavy atom. The van der Waals surface area contributed by atoms with Gasteiger partial charge in [-0.3, -0.25) is 5.43 Å². The van der Waals surface area contributed by atoms with Gasteiger partial charge in [0, 0.05) is 35.9 Å². The summed E-state index contributed by atoms with van der Waals surface area (Å²) in [4.78, 5) is 2.12. The van der Waals surface area contributed by atoms with Crippen LogP contribution in [-0.2, 0) is 7.05 Å². The molecule has 27 heavy (non-hydrogen) atoms. The number of hydrogen-bond donors (Lipinski definition) is 2. The molecule has 6 nitrogen and oxygen atoms in total. The average molecular weight is 364 g/mol. The normalized spacial score (nSPS) is 14.0. The fraction of sp³-hybridized carbons (Fsp3) is 0.286. The molecule has 0 spiro atoms. The maximum atomic E-state index is 10.3. The predicted molar refractivity (Wildman–Crippen MR) is 109 cm³/mol. The van der Waals surface area contributed by atoms with Crippen molar-refractivity contribution in [1.82, 2.24) is 9.99 Å². The van der Waals surface area contributed by atoms with Crippen LogP contribution in [0.25, 0.3) is 10.9 Å². The number of hydrazone groups is 1. The first-order valence-electron chi connectivity index (χ1n) is 9.04. The Morgan fingerprint density at radius 1 is 1.19 bits per heavy atom. The molecule has 140 valence electrons. The summed E-state index contributed by atoms with van der Waals surface area (Å²) in [5.41, 5.74) is 7.05. The highest BCUT2D eigenvalue weighted by molar-refractivity contribution is 6.13. The Labute approximate surface area is 158 Å². The van der Waals surface area contributed by atoms with Crippen LogP contribution in [0.15, 0.2) is 47.7 Å². The molecule has 2 N–H and O–H groups in total. The molecule has 0 radical (unpaired) electrons. The van der Waals surface area contributed by atoms with Gasteiger partial charge in [-0.05, 0) is 41.8 Å². The molecule has 0 atom stereocenters. The molecular weight excluding hydrogens is 340 g/mol. The summed E-state index contributed by atoms with van der Waals surface area (Å²) >= 11 is 0. The van der Waals surface area contributed by atoms with E-state index in [4.69, 9.17) is 4.74 Å². The first-order valence-corrected chi connectivity index (χ1v) is 9.04. The number of aromatic nitrogens is 1. The molecular formula is C21H24N4O2. The lowest BCUT2D eigenvalue weighted by atomic mass is 9.98. The molecule has 6 heteroatoms. The van der Waals surface area contributed by atoms with Crippen LogP contribution in [0, 0.1) is 0 Å². The minimum Gasteiger partial charge on any atom is -0.508 e. The van der Waals surface area contributed by atoms with Gasteiger partial charge in [-0.1, -0.05) is 13.8 Å². The van der Waals surface area contributed by atoms with Crippen molar-refractivity contribution >= 4 is 22.4 Å². The monoisotopic (exact) mass is 364 g/mol. The highest BCUT2D eigenvalue weighted by Gasteiger charge is 2.25. The van der Waals surface area contributed by atoms with Crippen molar-refractivity contribution in [2.75, 3.05) is 18.7 Å². The summed E-state index contributed by atoms with van der Waals surface area (Å²) in [5.74, 6) is 1.82. The van der Waals surface area contributed by atoms with E-state index in [1.807, 2.05) is 13.1 Å². The maximum absolute atomic E-state index is 10.3. The van der Waals surface area contributed by atoms with Crippen LogP contribution in [0.3, 0.4) is 0 Å². The number of anilines is 1. The second kappa shape index (κ2) is 6.54. The molecule has 2 heterocycles. The molecule has 4 rings (SSSR count). The topological polar surface area (TPSA) is 62.0 Å². The Hall–Kier alpha value is -3.15. The number of aromatic hydroxyl groups is 1. The molecule has 0 fully saturated rings. The lowest BCUT2D eigenvalue weighted by Crippen LogP contribution is -2.30. The SMILES string of the molecule is COc1cc(O)c(C(C)C)cc1C1=NNCN1c1ccc2c(ccn2C)c1. The van der Waals surface area contributed by atoms with Crippen molar-refractivity contribution in [3.63, 3.8) is 0 Å². The largest absolute Gasteiger partial charge is 0.508 e. The van der Waals surface area contributed by atoms with Crippen LogP contribution in [-0.4, -0.2) is 29.3 Å². The number of benzene rings is 2. The van der Waals surface area contributed by atoms with Gasteiger partial charge in [0.05, 0.1) is 12.7 Å². The van der Waals surface area contributed by atoms with Gasteiger partial charge in [-0.2, -0.15) is 5.10 Å². The highest BCUT2D eigenvalue weighted by Crippen LogP contribution is 2.35. The lowest BCUT2D eigenvalue weighted by molar-refractivity contribution is 0.405. The van der Waals surface area contributed by atoms with Gasteiger partial charge < -0.3 is 19.3 Å². The zero-order valence-electron chi connectivity index (χ0n) is 16.0. The summed E-state index contributed by atoms with van der Waals surface area (Å²) in [6, 6.07) is 12.1. The van der Waals surface area contributed by atoms with Crippen LogP contribution in [0.2, 0.25) is 0 Å². The van der Waals surface area contributed by atoms with E-state index in [0.717, 1.165) is 22.6 Å². The van der Waals surface area contributed by atoms with Crippen molar-refractivity contribution in [1.29, 1.82) is 0 Å². The smallest absolute Gasteiger partial charge is 0.165 e. The minimum atomic E-state index is 0.193. The number of phenolic OH excluding ortho intramolecular Hbond substituents is 1. The fourth-order valence-corrected chi connectivity index (χ4v) is 3.56. The van der Waals surface area contributed by atoms with Gasteiger partial charge in [-0.15, -0.1) is 0 Å². The summed E-state index contributed by atoms with van der Waals surface area (Å²) in [5, 5.41) is 16.0. The molecule has 0 aliphatic carbocycles. The number of aryl methyl sites for hydroxylation is 1. The van der Waals surface area contributed by atoms with E-state index in [2.05, 4.69) is 64.3 Å². The van der Waals surface area contributed by atoms with Crippen LogP contribution >= 0.6 is 0 Å². The van der Waals surface area contributed by atoms with Gasteiger partial charge in [-0.25, -0.2) is 0 Å². The number of fused-ring (bicyclic) bond motifs is 1. The van der Waals surface area contributed by atoms with Crippen LogP contribution < -0.4 is 15.1 Å². The third-order valence-electron chi connectivity index (χ3n) is 5.06. The zero-order valence-corrected chi connectivity index (χ0v) is 16.0. The number of ether oxygens (including phenoxy) is 1. The van der Waals surface area contributed by atoms with Crippen molar-refractivity contribution in [3.05, 3.63) is 53.7 Å². The van der Waals surface area contributed by atoms with Crippen LogP contribution in [0.4, 0.5) is 5.69 Å². The number of methoxy groups -OCH3 is 1. The number of rotatable bonds is 4. The fourth-order valence-electron chi connectivity index (χ4n) is 3.56. The Balaban J connectivity index is 1.79. The van der Waals surface area contributed by atoms with Crippen molar-refractivity contribution in [2.45, 2.75) is 19.8 Å². The average Bonchev–Trinajstić information content (AvgIpc) is 3.28. The van der Waals surface area contributed by atoms with Gasteiger partial charge in [0.25, 0.3) is 0 Å². The Morgan fingerprint density at radius 2 is 2.00 bits per heavy atom. The second-order valence-corrected chi connectivity index (χ2v) is 7.12. The van der Waals surface area contributed by atoms with E-state index in [9.17, 15) is 5.11 Å². The zero-order chi connectivity index (χ0) is 19.1. The molecule has 0 saturated carbocycles. The molecule has 0 amide bonds. The number of nitrogens with zero attached hydrogens (tertiary/aromatic N) is 3. The summed E-state index contributed by atoms with van der Waals surface area (Å²) in [6.07, 6.45) is 2.06.